The van der Waals surface area contributed by atoms with E-state index in [-0.39, 0.29) is 17.9 Å². The summed E-state index contributed by atoms with van der Waals surface area (Å²) in [6.07, 6.45) is 4.60. The molecule has 176 valence electrons. The number of esters is 1. The molecule has 0 bridgehead atoms. The predicted octanol–water partition coefficient (Wildman–Crippen LogP) is 5.30. The van der Waals surface area contributed by atoms with Gasteiger partial charge in [-0.2, -0.15) is 0 Å². The molecular formula is C27H39NO4. The van der Waals surface area contributed by atoms with Crippen LogP contribution < -0.4 is 0 Å². The zero-order valence-corrected chi connectivity index (χ0v) is 20.3. The molecule has 0 aromatic heterocycles. The Bertz CT molecular complexity index is 799. The average molecular weight is 442 g/mol. The van der Waals surface area contributed by atoms with Gasteiger partial charge in [0, 0.05) is 24.3 Å². The van der Waals surface area contributed by atoms with Crippen LogP contribution >= 0.6 is 0 Å². The van der Waals surface area contributed by atoms with Crippen LogP contribution in [-0.4, -0.2) is 41.3 Å². The van der Waals surface area contributed by atoms with Crippen LogP contribution in [0.3, 0.4) is 0 Å². The van der Waals surface area contributed by atoms with Crippen molar-refractivity contribution < 1.29 is 19.1 Å². The molecule has 3 atom stereocenters. The summed E-state index contributed by atoms with van der Waals surface area (Å²) < 4.78 is 6.06. The van der Waals surface area contributed by atoms with Gasteiger partial charge >= 0.3 is 5.97 Å². The van der Waals surface area contributed by atoms with E-state index in [1.165, 1.54) is 4.90 Å². The van der Waals surface area contributed by atoms with Crippen molar-refractivity contribution in [2.24, 2.45) is 11.3 Å². The molecule has 5 heteroatoms. The Kier molecular flexibility index (Phi) is 9.23. The number of benzene rings is 1. The van der Waals surface area contributed by atoms with E-state index in [2.05, 4.69) is 32.6 Å². The van der Waals surface area contributed by atoms with Crippen molar-refractivity contribution in [2.45, 2.75) is 84.8 Å². The third kappa shape index (κ3) is 6.08. The number of ketones is 1. The van der Waals surface area contributed by atoms with Gasteiger partial charge in [-0.15, -0.1) is 6.58 Å². The molecule has 0 spiro atoms. The monoisotopic (exact) mass is 441 g/mol. The summed E-state index contributed by atoms with van der Waals surface area (Å²) in [5.41, 5.74) is 0.364. The Morgan fingerprint density at radius 3 is 2.41 bits per heavy atom. The van der Waals surface area contributed by atoms with E-state index in [0.717, 1.165) is 18.4 Å². The van der Waals surface area contributed by atoms with E-state index < -0.39 is 29.1 Å². The number of rotatable bonds is 10. The minimum absolute atomic E-state index is 0.00606. The summed E-state index contributed by atoms with van der Waals surface area (Å²) >= 11 is 0. The van der Waals surface area contributed by atoms with E-state index in [9.17, 15) is 14.4 Å². The summed E-state index contributed by atoms with van der Waals surface area (Å²) in [7, 11) is 0. The molecule has 1 aromatic rings. The van der Waals surface area contributed by atoms with Gasteiger partial charge in [-0.3, -0.25) is 9.59 Å². The lowest BCUT2D eigenvalue weighted by Gasteiger charge is -2.37. The molecular weight excluding hydrogens is 402 g/mol. The molecule has 1 saturated heterocycles. The summed E-state index contributed by atoms with van der Waals surface area (Å²) in [5.74, 6) is -1.18. The fraction of sp³-hybridized carbons (Fsp3) is 0.593. The Balaban J connectivity index is 2.26. The minimum Gasteiger partial charge on any atom is -0.460 e. The summed E-state index contributed by atoms with van der Waals surface area (Å²) in [6.45, 7) is 13.9. The molecule has 0 N–H and O–H groups in total. The molecule has 0 saturated carbocycles. The van der Waals surface area contributed by atoms with Gasteiger partial charge in [0.15, 0.2) is 0 Å². The van der Waals surface area contributed by atoms with Gasteiger partial charge in [-0.25, -0.2) is 4.79 Å². The molecule has 1 aliphatic rings. The van der Waals surface area contributed by atoms with Crippen LogP contribution in [0.5, 0.6) is 0 Å². The standard InChI is InChI=1S/C27H39NO4/c1-7-14-22(23(19(3)4)20-15-10-9-11-16-20)32-26(31)21-17-12-13-18-28(21)25(30)24(29)27(5,6)8-2/h7,9-11,15-16,19,21-23H,1,8,12-14,17-18H2,2-6H3/t21-,22+,23?/m0/s1. The number of hydrogen-bond donors (Lipinski definition) is 0. The Labute approximate surface area is 193 Å². The molecule has 1 aliphatic heterocycles. The first-order chi connectivity index (χ1) is 15.1. The normalized spacial score (nSPS) is 18.7. The molecule has 5 nitrogen and oxygen atoms in total. The van der Waals surface area contributed by atoms with Crippen molar-refractivity contribution in [3.05, 3.63) is 48.6 Å². The highest BCUT2D eigenvalue weighted by molar-refractivity contribution is 6.38. The number of ether oxygens (including phenoxy) is 1. The van der Waals surface area contributed by atoms with Crippen LogP contribution in [0.25, 0.3) is 0 Å². The van der Waals surface area contributed by atoms with E-state index >= 15 is 0 Å². The number of amides is 1. The third-order valence-electron chi connectivity index (χ3n) is 6.70. The first-order valence-electron chi connectivity index (χ1n) is 11.9. The summed E-state index contributed by atoms with van der Waals surface area (Å²) in [5, 5.41) is 0. The Morgan fingerprint density at radius 2 is 1.84 bits per heavy atom. The molecule has 2 rings (SSSR count). The first-order valence-corrected chi connectivity index (χ1v) is 11.9. The zero-order chi connectivity index (χ0) is 23.9. The number of piperidine rings is 1. The summed E-state index contributed by atoms with van der Waals surface area (Å²) in [4.78, 5) is 40.6. The highest BCUT2D eigenvalue weighted by Gasteiger charge is 2.41. The molecule has 1 fully saturated rings. The molecule has 1 aromatic carbocycles. The van der Waals surface area contributed by atoms with Crippen molar-refractivity contribution in [2.75, 3.05) is 6.54 Å². The average Bonchev–Trinajstić information content (AvgIpc) is 2.78. The highest BCUT2D eigenvalue weighted by atomic mass is 16.5. The second kappa shape index (κ2) is 11.4. The lowest BCUT2D eigenvalue weighted by Crippen LogP contribution is -2.53. The van der Waals surface area contributed by atoms with Crippen LogP contribution in [0.15, 0.2) is 43.0 Å². The lowest BCUT2D eigenvalue weighted by molar-refractivity contribution is -0.165. The van der Waals surface area contributed by atoms with Crippen LogP contribution in [0.2, 0.25) is 0 Å². The van der Waals surface area contributed by atoms with Gasteiger partial charge < -0.3 is 9.64 Å². The van der Waals surface area contributed by atoms with Crippen LogP contribution in [0.4, 0.5) is 0 Å². The number of nitrogens with zero attached hydrogens (tertiary/aromatic N) is 1. The number of likely N-dealkylation sites (tertiary alicyclic amines) is 1. The number of hydrogen-bond acceptors (Lipinski definition) is 4. The van der Waals surface area contributed by atoms with Crippen molar-refractivity contribution >= 4 is 17.7 Å². The quantitative estimate of drug-likeness (QED) is 0.281. The van der Waals surface area contributed by atoms with Crippen molar-refractivity contribution in [3.63, 3.8) is 0 Å². The van der Waals surface area contributed by atoms with Crippen LogP contribution in [0.1, 0.15) is 78.2 Å². The van der Waals surface area contributed by atoms with Crippen LogP contribution in [-0.2, 0) is 19.1 Å². The van der Waals surface area contributed by atoms with Crippen molar-refractivity contribution in [1.82, 2.24) is 4.90 Å². The second-order valence-corrected chi connectivity index (χ2v) is 9.76. The van der Waals surface area contributed by atoms with Gasteiger partial charge in [0.2, 0.25) is 5.78 Å². The fourth-order valence-corrected chi connectivity index (χ4v) is 4.36. The van der Waals surface area contributed by atoms with Crippen LogP contribution in [0, 0.1) is 11.3 Å². The van der Waals surface area contributed by atoms with E-state index in [4.69, 9.17) is 4.74 Å². The topological polar surface area (TPSA) is 63.7 Å². The molecule has 1 unspecified atom stereocenters. The minimum atomic E-state index is -0.746. The largest absolute Gasteiger partial charge is 0.460 e. The van der Waals surface area contributed by atoms with Crippen molar-refractivity contribution in [3.8, 4) is 0 Å². The maximum Gasteiger partial charge on any atom is 0.329 e. The molecule has 1 heterocycles. The van der Waals surface area contributed by atoms with Gasteiger partial charge in [-0.05, 0) is 37.2 Å². The third-order valence-corrected chi connectivity index (χ3v) is 6.70. The highest BCUT2D eigenvalue weighted by Crippen LogP contribution is 2.33. The number of carbonyl (C=O) groups excluding carboxylic acids is 3. The molecule has 32 heavy (non-hydrogen) atoms. The van der Waals surface area contributed by atoms with E-state index in [1.807, 2.05) is 25.1 Å². The first kappa shape index (κ1) is 25.8. The van der Waals surface area contributed by atoms with Gasteiger partial charge in [-0.1, -0.05) is 71.0 Å². The van der Waals surface area contributed by atoms with E-state index in [0.29, 0.717) is 25.8 Å². The summed E-state index contributed by atoms with van der Waals surface area (Å²) in [6, 6.07) is 9.33. The second-order valence-electron chi connectivity index (χ2n) is 9.76. The fourth-order valence-electron chi connectivity index (χ4n) is 4.36. The van der Waals surface area contributed by atoms with Gasteiger partial charge in [0.05, 0.1) is 0 Å². The maximum atomic E-state index is 13.3. The molecule has 0 radical (unpaired) electrons. The molecule has 0 aliphatic carbocycles. The SMILES string of the molecule is C=CC[C@@H](OC(=O)[C@@H]1CCCCN1C(=O)C(=O)C(C)(C)CC)C(c1ccccc1)C(C)C. The number of Topliss-reactive ketones (excluding diaryl/α,β-unsaturated/α-hetero) is 1. The Hall–Kier alpha value is -2.43. The van der Waals surface area contributed by atoms with Gasteiger partial charge in [0.25, 0.3) is 5.91 Å². The zero-order valence-electron chi connectivity index (χ0n) is 20.3. The van der Waals surface area contributed by atoms with E-state index in [1.54, 1.807) is 19.9 Å². The maximum absolute atomic E-state index is 13.3. The van der Waals surface area contributed by atoms with Gasteiger partial charge in [0.1, 0.15) is 12.1 Å². The Morgan fingerprint density at radius 1 is 1.19 bits per heavy atom. The smallest absolute Gasteiger partial charge is 0.329 e. The lowest BCUT2D eigenvalue weighted by atomic mass is 9.82. The molecule has 1 amide bonds. The predicted molar refractivity (Wildman–Crippen MR) is 127 cm³/mol. The van der Waals surface area contributed by atoms with Crippen molar-refractivity contribution in [1.29, 1.82) is 0 Å². The number of carbonyl (C=O) groups is 3.